The van der Waals surface area contributed by atoms with Crippen LogP contribution < -0.4 is 10.6 Å². The molecule has 0 unspecified atom stereocenters. The molecule has 0 amide bonds. The molecule has 0 radical (unpaired) electrons. The average molecular weight is 301 g/mol. The first kappa shape index (κ1) is 14.2. The number of aryl methyl sites for hydroxylation is 1. The summed E-state index contributed by atoms with van der Waals surface area (Å²) in [6.07, 6.45) is 6.91. The first-order chi connectivity index (χ1) is 10.6. The normalized spacial score (nSPS) is 29.4. The highest BCUT2D eigenvalue weighted by atomic mass is 15.3. The van der Waals surface area contributed by atoms with E-state index in [1.54, 1.807) is 0 Å². The summed E-state index contributed by atoms with van der Waals surface area (Å²) in [4.78, 5) is 13.8. The number of nitrogens with zero attached hydrogens (tertiary/aromatic N) is 4. The standard InChI is InChI=1S/C17H27N5/c1-13-9-15(20-16(18)19-13)22-8-6-17(12-22)5-2-7-21(11-17)10-14-3-4-14/h9,14H,2-8,10-12H2,1H3,(H2,18,19,20)/t17-/m1/s1. The molecule has 0 aromatic carbocycles. The van der Waals surface area contributed by atoms with E-state index in [0.717, 1.165) is 30.5 Å². The minimum atomic E-state index is 0.398. The lowest BCUT2D eigenvalue weighted by Gasteiger charge is -2.40. The van der Waals surface area contributed by atoms with Crippen LogP contribution >= 0.6 is 0 Å². The van der Waals surface area contributed by atoms with Crippen LogP contribution in [0.3, 0.4) is 0 Å². The van der Waals surface area contributed by atoms with Crippen molar-refractivity contribution in [1.82, 2.24) is 14.9 Å². The van der Waals surface area contributed by atoms with Crippen molar-refractivity contribution < 1.29 is 0 Å². The molecule has 3 aliphatic rings. The van der Waals surface area contributed by atoms with Crippen LogP contribution in [-0.4, -0.2) is 47.6 Å². The van der Waals surface area contributed by atoms with Gasteiger partial charge in [0, 0.05) is 43.4 Å². The molecule has 5 heteroatoms. The van der Waals surface area contributed by atoms with Gasteiger partial charge in [0.2, 0.25) is 5.95 Å². The lowest BCUT2D eigenvalue weighted by molar-refractivity contribution is 0.101. The van der Waals surface area contributed by atoms with Crippen molar-refractivity contribution in [2.45, 2.75) is 39.0 Å². The molecule has 1 aromatic rings. The number of anilines is 2. The Morgan fingerprint density at radius 2 is 2.09 bits per heavy atom. The van der Waals surface area contributed by atoms with E-state index in [9.17, 15) is 0 Å². The van der Waals surface area contributed by atoms with E-state index >= 15 is 0 Å². The first-order valence-electron chi connectivity index (χ1n) is 8.70. The van der Waals surface area contributed by atoms with Gasteiger partial charge in [0.1, 0.15) is 5.82 Å². The Kier molecular flexibility index (Phi) is 3.48. The SMILES string of the molecule is Cc1cc(N2CC[C@@]3(CCCN(CC4CC4)C3)C2)nc(N)n1. The van der Waals surface area contributed by atoms with Gasteiger partial charge in [-0.15, -0.1) is 0 Å². The molecule has 1 saturated carbocycles. The van der Waals surface area contributed by atoms with Gasteiger partial charge in [-0.2, -0.15) is 4.98 Å². The van der Waals surface area contributed by atoms with E-state index in [4.69, 9.17) is 5.73 Å². The molecule has 3 heterocycles. The number of hydrogen-bond acceptors (Lipinski definition) is 5. The van der Waals surface area contributed by atoms with E-state index in [2.05, 4.69) is 25.8 Å². The zero-order valence-corrected chi connectivity index (χ0v) is 13.6. The first-order valence-corrected chi connectivity index (χ1v) is 8.70. The van der Waals surface area contributed by atoms with Crippen LogP contribution in [0.5, 0.6) is 0 Å². The molecule has 5 nitrogen and oxygen atoms in total. The van der Waals surface area contributed by atoms with Crippen LogP contribution in [0.4, 0.5) is 11.8 Å². The van der Waals surface area contributed by atoms with Crippen LogP contribution in [0.1, 0.15) is 37.8 Å². The highest BCUT2D eigenvalue weighted by molar-refractivity contribution is 5.44. The zero-order chi connectivity index (χ0) is 15.2. The molecular formula is C17H27N5. The molecule has 120 valence electrons. The minimum absolute atomic E-state index is 0.398. The van der Waals surface area contributed by atoms with E-state index in [1.807, 2.05) is 6.92 Å². The van der Waals surface area contributed by atoms with Gasteiger partial charge < -0.3 is 15.5 Å². The van der Waals surface area contributed by atoms with Crippen LogP contribution in [0.15, 0.2) is 6.07 Å². The maximum Gasteiger partial charge on any atom is 0.222 e. The Bertz CT molecular complexity index is 536. The van der Waals surface area contributed by atoms with Crippen LogP contribution in [0, 0.1) is 18.3 Å². The predicted molar refractivity (Wildman–Crippen MR) is 88.8 cm³/mol. The second-order valence-corrected chi connectivity index (χ2v) is 7.68. The highest BCUT2D eigenvalue weighted by Crippen LogP contribution is 2.41. The van der Waals surface area contributed by atoms with Crippen molar-refractivity contribution in [3.8, 4) is 0 Å². The predicted octanol–water partition coefficient (Wildman–Crippen LogP) is 2.07. The molecule has 0 bridgehead atoms. The third-order valence-corrected chi connectivity index (χ3v) is 5.57. The third-order valence-electron chi connectivity index (χ3n) is 5.57. The lowest BCUT2D eigenvalue weighted by Crippen LogP contribution is -2.45. The number of rotatable bonds is 3. The van der Waals surface area contributed by atoms with Gasteiger partial charge in [0.05, 0.1) is 0 Å². The Balaban J connectivity index is 1.46. The quantitative estimate of drug-likeness (QED) is 0.926. The maximum atomic E-state index is 5.82. The molecule has 1 aliphatic carbocycles. The van der Waals surface area contributed by atoms with Crippen LogP contribution in [0.2, 0.25) is 0 Å². The van der Waals surface area contributed by atoms with Gasteiger partial charge in [-0.1, -0.05) is 0 Å². The third kappa shape index (κ3) is 2.91. The number of hydrogen-bond donors (Lipinski definition) is 1. The van der Waals surface area contributed by atoms with E-state index in [0.29, 0.717) is 11.4 Å². The molecular weight excluding hydrogens is 274 g/mol. The zero-order valence-electron chi connectivity index (χ0n) is 13.6. The Morgan fingerprint density at radius 3 is 2.86 bits per heavy atom. The number of nitrogen functional groups attached to an aromatic ring is 1. The lowest BCUT2D eigenvalue weighted by atomic mass is 9.79. The molecule has 22 heavy (non-hydrogen) atoms. The van der Waals surface area contributed by atoms with Gasteiger partial charge in [-0.3, -0.25) is 0 Å². The maximum absolute atomic E-state index is 5.82. The van der Waals surface area contributed by atoms with Crippen molar-refractivity contribution in [2.24, 2.45) is 11.3 Å². The van der Waals surface area contributed by atoms with Gasteiger partial charge in [0.25, 0.3) is 0 Å². The van der Waals surface area contributed by atoms with Crippen molar-refractivity contribution in [1.29, 1.82) is 0 Å². The summed E-state index contributed by atoms with van der Waals surface area (Å²) in [5.41, 5.74) is 7.26. The largest absolute Gasteiger partial charge is 0.368 e. The summed E-state index contributed by atoms with van der Waals surface area (Å²) >= 11 is 0. The Morgan fingerprint density at radius 1 is 1.23 bits per heavy atom. The van der Waals surface area contributed by atoms with Gasteiger partial charge in [0.15, 0.2) is 0 Å². The molecule has 2 aliphatic heterocycles. The molecule has 4 rings (SSSR count). The molecule has 1 atom stereocenters. The fourth-order valence-electron chi connectivity index (χ4n) is 4.33. The van der Waals surface area contributed by atoms with Crippen LogP contribution in [-0.2, 0) is 0 Å². The van der Waals surface area contributed by atoms with Gasteiger partial charge >= 0.3 is 0 Å². The highest BCUT2D eigenvalue weighted by Gasteiger charge is 2.42. The minimum Gasteiger partial charge on any atom is -0.368 e. The fourth-order valence-corrected chi connectivity index (χ4v) is 4.33. The molecule has 2 saturated heterocycles. The summed E-state index contributed by atoms with van der Waals surface area (Å²) in [7, 11) is 0. The smallest absolute Gasteiger partial charge is 0.222 e. The second-order valence-electron chi connectivity index (χ2n) is 7.68. The van der Waals surface area contributed by atoms with Crippen molar-refractivity contribution in [3.05, 3.63) is 11.8 Å². The van der Waals surface area contributed by atoms with Crippen molar-refractivity contribution in [3.63, 3.8) is 0 Å². The Hall–Kier alpha value is -1.36. The number of nitrogens with two attached hydrogens (primary N) is 1. The topological polar surface area (TPSA) is 58.3 Å². The number of piperidine rings is 1. The van der Waals surface area contributed by atoms with E-state index in [-0.39, 0.29) is 0 Å². The van der Waals surface area contributed by atoms with Gasteiger partial charge in [-0.25, -0.2) is 4.98 Å². The number of likely N-dealkylation sites (tertiary alicyclic amines) is 1. The van der Waals surface area contributed by atoms with Gasteiger partial charge in [-0.05, 0) is 51.5 Å². The number of aromatic nitrogens is 2. The summed E-state index contributed by atoms with van der Waals surface area (Å²) in [5, 5.41) is 0. The summed E-state index contributed by atoms with van der Waals surface area (Å²) < 4.78 is 0. The van der Waals surface area contributed by atoms with E-state index < -0.39 is 0 Å². The van der Waals surface area contributed by atoms with Crippen molar-refractivity contribution in [2.75, 3.05) is 43.4 Å². The van der Waals surface area contributed by atoms with Crippen LogP contribution in [0.25, 0.3) is 0 Å². The molecule has 1 aromatic heterocycles. The molecule has 3 fully saturated rings. The summed E-state index contributed by atoms with van der Waals surface area (Å²) in [5.74, 6) is 2.41. The van der Waals surface area contributed by atoms with Crippen molar-refractivity contribution >= 4 is 11.8 Å². The summed E-state index contributed by atoms with van der Waals surface area (Å²) in [6.45, 7) is 8.14. The average Bonchev–Trinajstić information content (AvgIpc) is 3.18. The monoisotopic (exact) mass is 301 g/mol. The Labute approximate surface area is 132 Å². The molecule has 1 spiro atoms. The second kappa shape index (κ2) is 5.37. The van der Waals surface area contributed by atoms with E-state index in [1.165, 1.54) is 51.7 Å². The molecule has 2 N–H and O–H groups in total. The fraction of sp³-hybridized carbons (Fsp3) is 0.765. The summed E-state index contributed by atoms with van der Waals surface area (Å²) in [6, 6.07) is 2.07.